The van der Waals surface area contributed by atoms with E-state index < -0.39 is 0 Å². The number of amides is 1. The van der Waals surface area contributed by atoms with Crippen molar-refractivity contribution < 1.29 is 9.21 Å². The number of rotatable bonds is 4. The minimum absolute atomic E-state index is 0.174. The van der Waals surface area contributed by atoms with Crippen LogP contribution in [0.3, 0.4) is 0 Å². The van der Waals surface area contributed by atoms with E-state index >= 15 is 0 Å². The van der Waals surface area contributed by atoms with Crippen molar-refractivity contribution in [1.29, 1.82) is 0 Å². The standard InChI is InChI=1S/C22H25NO2/c24-20(23-14-19-7-4-8-25-19)22-12-16-9-17(13-22)11-21(10-16,15-22)18-5-2-1-3-6-18/h1-8,16-17H,9-15H2,(H,23,24)/t16-,17+,21?,22?. The fourth-order valence-electron chi connectivity index (χ4n) is 6.43. The molecule has 3 nitrogen and oxygen atoms in total. The van der Waals surface area contributed by atoms with Crippen LogP contribution >= 0.6 is 0 Å². The van der Waals surface area contributed by atoms with Crippen LogP contribution in [0.25, 0.3) is 0 Å². The number of hydrogen-bond donors (Lipinski definition) is 1. The lowest BCUT2D eigenvalue weighted by Crippen LogP contribution is -2.59. The average Bonchev–Trinajstić information content (AvgIpc) is 3.13. The lowest BCUT2D eigenvalue weighted by Gasteiger charge is -2.61. The Morgan fingerprint density at radius 2 is 1.80 bits per heavy atom. The zero-order chi connectivity index (χ0) is 16.9. The highest BCUT2D eigenvalue weighted by Crippen LogP contribution is 2.65. The second kappa shape index (κ2) is 5.48. The smallest absolute Gasteiger partial charge is 0.226 e. The molecule has 1 amide bonds. The third kappa shape index (κ3) is 2.44. The predicted molar refractivity (Wildman–Crippen MR) is 95.8 cm³/mol. The van der Waals surface area contributed by atoms with E-state index in [2.05, 4.69) is 35.6 Å². The largest absolute Gasteiger partial charge is 0.467 e. The number of benzene rings is 1. The lowest BCUT2D eigenvalue weighted by atomic mass is 9.42. The van der Waals surface area contributed by atoms with E-state index in [0.717, 1.165) is 25.0 Å². The van der Waals surface area contributed by atoms with Crippen LogP contribution in [0, 0.1) is 17.3 Å². The van der Waals surface area contributed by atoms with Gasteiger partial charge in [-0.3, -0.25) is 4.79 Å². The summed E-state index contributed by atoms with van der Waals surface area (Å²) in [7, 11) is 0. The molecule has 1 N–H and O–H groups in total. The minimum Gasteiger partial charge on any atom is -0.467 e. The Kier molecular flexibility index (Phi) is 3.34. The van der Waals surface area contributed by atoms with Gasteiger partial charge in [-0.2, -0.15) is 0 Å². The highest BCUT2D eigenvalue weighted by atomic mass is 16.3. The number of hydrogen-bond acceptors (Lipinski definition) is 2. The molecule has 3 heteroatoms. The fourth-order valence-corrected chi connectivity index (χ4v) is 6.43. The molecular formula is C22H25NO2. The Bertz CT molecular complexity index is 751. The Labute approximate surface area is 148 Å². The maximum Gasteiger partial charge on any atom is 0.226 e. The molecule has 4 aliphatic carbocycles. The summed E-state index contributed by atoms with van der Waals surface area (Å²) in [5.74, 6) is 2.49. The number of carbonyl (C=O) groups excluding carboxylic acids is 1. The van der Waals surface area contributed by atoms with Crippen LogP contribution < -0.4 is 5.32 Å². The van der Waals surface area contributed by atoms with Gasteiger partial charge >= 0.3 is 0 Å². The van der Waals surface area contributed by atoms with Gasteiger partial charge in [0.15, 0.2) is 0 Å². The molecule has 130 valence electrons. The Morgan fingerprint density at radius 3 is 2.48 bits per heavy atom. The molecule has 1 heterocycles. The molecule has 0 aliphatic heterocycles. The van der Waals surface area contributed by atoms with Crippen LogP contribution in [0.4, 0.5) is 0 Å². The summed E-state index contributed by atoms with van der Waals surface area (Å²) in [4.78, 5) is 13.2. The molecule has 0 radical (unpaired) electrons. The van der Waals surface area contributed by atoms with Gasteiger partial charge in [0, 0.05) is 0 Å². The number of furan rings is 1. The van der Waals surface area contributed by atoms with Crippen LogP contribution in [-0.4, -0.2) is 5.91 Å². The molecule has 2 unspecified atom stereocenters. The van der Waals surface area contributed by atoms with Gasteiger partial charge in [0.25, 0.3) is 0 Å². The number of nitrogens with one attached hydrogen (secondary N) is 1. The molecule has 4 fully saturated rings. The van der Waals surface area contributed by atoms with E-state index in [1.165, 1.54) is 24.8 Å². The van der Waals surface area contributed by atoms with E-state index in [9.17, 15) is 4.79 Å². The van der Waals surface area contributed by atoms with Gasteiger partial charge in [-0.25, -0.2) is 0 Å². The third-order valence-corrected chi connectivity index (χ3v) is 6.93. The number of carbonyl (C=O) groups is 1. The van der Waals surface area contributed by atoms with Crippen molar-refractivity contribution in [2.75, 3.05) is 0 Å². The fraction of sp³-hybridized carbons (Fsp3) is 0.500. The van der Waals surface area contributed by atoms with Crippen LogP contribution in [0.5, 0.6) is 0 Å². The minimum atomic E-state index is -0.174. The summed E-state index contributed by atoms with van der Waals surface area (Å²) in [6.07, 6.45) is 8.67. The first-order valence-electron chi connectivity index (χ1n) is 9.54. The second-order valence-electron chi connectivity index (χ2n) is 8.65. The van der Waals surface area contributed by atoms with Crippen molar-refractivity contribution in [2.24, 2.45) is 17.3 Å². The molecule has 6 rings (SSSR count). The summed E-state index contributed by atoms with van der Waals surface area (Å²) >= 11 is 0. The van der Waals surface area contributed by atoms with Crippen molar-refractivity contribution in [3.63, 3.8) is 0 Å². The molecule has 4 atom stereocenters. The third-order valence-electron chi connectivity index (χ3n) is 6.93. The van der Waals surface area contributed by atoms with Crippen molar-refractivity contribution in [1.82, 2.24) is 5.32 Å². The molecule has 2 aromatic rings. The summed E-state index contributed by atoms with van der Waals surface area (Å²) in [5, 5.41) is 3.18. The van der Waals surface area contributed by atoms with Gasteiger partial charge < -0.3 is 9.73 Å². The quantitative estimate of drug-likeness (QED) is 0.898. The van der Waals surface area contributed by atoms with Crippen LogP contribution in [-0.2, 0) is 16.8 Å². The van der Waals surface area contributed by atoms with Gasteiger partial charge in [0.1, 0.15) is 5.76 Å². The summed E-state index contributed by atoms with van der Waals surface area (Å²) in [6.45, 7) is 0.501. The highest BCUT2D eigenvalue weighted by Gasteiger charge is 2.60. The molecule has 0 spiro atoms. The lowest BCUT2D eigenvalue weighted by molar-refractivity contribution is -0.149. The SMILES string of the molecule is O=C(NCc1ccco1)C12C[C@H]3C[C@@H](C1)CC(c1ccccc1)(C3)C2. The molecule has 25 heavy (non-hydrogen) atoms. The zero-order valence-electron chi connectivity index (χ0n) is 14.5. The molecule has 1 aromatic carbocycles. The van der Waals surface area contributed by atoms with Crippen molar-refractivity contribution in [3.8, 4) is 0 Å². The van der Waals surface area contributed by atoms with Gasteiger partial charge in [0.05, 0.1) is 18.2 Å². The summed E-state index contributed by atoms with van der Waals surface area (Å²) in [6, 6.07) is 14.7. The highest BCUT2D eigenvalue weighted by molar-refractivity contribution is 5.83. The monoisotopic (exact) mass is 335 g/mol. The van der Waals surface area contributed by atoms with Crippen molar-refractivity contribution in [2.45, 2.75) is 50.5 Å². The first kappa shape index (κ1) is 15.2. The summed E-state index contributed by atoms with van der Waals surface area (Å²) in [5.41, 5.74) is 1.49. The van der Waals surface area contributed by atoms with Gasteiger partial charge in [-0.15, -0.1) is 0 Å². The molecule has 4 aliphatic rings. The Hall–Kier alpha value is -2.03. The second-order valence-corrected chi connectivity index (χ2v) is 8.65. The first-order chi connectivity index (χ1) is 12.2. The van der Waals surface area contributed by atoms with Gasteiger partial charge in [-0.05, 0) is 73.5 Å². The molecule has 1 aromatic heterocycles. The molecule has 4 bridgehead atoms. The van der Waals surface area contributed by atoms with Crippen LogP contribution in [0.2, 0.25) is 0 Å². The summed E-state index contributed by atoms with van der Waals surface area (Å²) < 4.78 is 5.38. The molecular weight excluding hydrogens is 310 g/mol. The maximum atomic E-state index is 13.2. The molecule has 4 saturated carbocycles. The normalized spacial score (nSPS) is 35.7. The van der Waals surface area contributed by atoms with E-state index in [1.54, 1.807) is 6.26 Å². The maximum absolute atomic E-state index is 13.2. The Balaban J connectivity index is 1.43. The zero-order valence-corrected chi connectivity index (χ0v) is 14.5. The first-order valence-corrected chi connectivity index (χ1v) is 9.54. The predicted octanol–water partition coefficient (Wildman–Crippen LogP) is 4.43. The van der Waals surface area contributed by atoms with Crippen LogP contribution in [0.1, 0.15) is 49.8 Å². The topological polar surface area (TPSA) is 42.2 Å². The van der Waals surface area contributed by atoms with Crippen LogP contribution in [0.15, 0.2) is 53.1 Å². The van der Waals surface area contributed by atoms with E-state index in [0.29, 0.717) is 18.4 Å². The van der Waals surface area contributed by atoms with Crippen molar-refractivity contribution >= 4 is 5.91 Å². The van der Waals surface area contributed by atoms with E-state index in [1.807, 2.05) is 12.1 Å². The van der Waals surface area contributed by atoms with E-state index in [-0.39, 0.29) is 16.7 Å². The molecule has 0 saturated heterocycles. The van der Waals surface area contributed by atoms with E-state index in [4.69, 9.17) is 4.42 Å². The van der Waals surface area contributed by atoms with Gasteiger partial charge in [-0.1, -0.05) is 30.3 Å². The van der Waals surface area contributed by atoms with Gasteiger partial charge in [0.2, 0.25) is 5.91 Å². The van der Waals surface area contributed by atoms with Crippen molar-refractivity contribution in [3.05, 3.63) is 60.1 Å². The average molecular weight is 335 g/mol. The Morgan fingerprint density at radius 1 is 1.04 bits per heavy atom.